The molecule has 0 aromatic rings. The second kappa shape index (κ2) is 5.14. The van der Waals surface area contributed by atoms with Gasteiger partial charge in [-0.2, -0.15) is 0 Å². The van der Waals surface area contributed by atoms with Gasteiger partial charge in [0.05, 0.1) is 5.75 Å². The molecular formula is C7H17ClN2O2S. The van der Waals surface area contributed by atoms with Crippen LogP contribution in [0.4, 0.5) is 0 Å². The van der Waals surface area contributed by atoms with Crippen molar-refractivity contribution in [2.24, 2.45) is 17.0 Å². The van der Waals surface area contributed by atoms with E-state index in [2.05, 4.69) is 5.32 Å². The quantitative estimate of drug-likeness (QED) is 0.711. The van der Waals surface area contributed by atoms with E-state index in [1.54, 1.807) is 0 Å². The average molecular weight is 229 g/mol. The predicted octanol–water partition coefficient (Wildman–Crippen LogP) is -0.0577. The summed E-state index contributed by atoms with van der Waals surface area (Å²) in [5, 5.41) is 8.16. The second-order valence-electron chi connectivity index (χ2n) is 3.56. The first kappa shape index (κ1) is 13.2. The maximum atomic E-state index is 10.8. The number of rotatable bonds is 3. The lowest BCUT2D eigenvalue weighted by molar-refractivity contribution is 0.417. The van der Waals surface area contributed by atoms with Crippen molar-refractivity contribution in [3.63, 3.8) is 0 Å². The number of hydrogen-bond acceptors (Lipinski definition) is 3. The first-order valence-corrected chi connectivity index (χ1v) is 5.92. The van der Waals surface area contributed by atoms with E-state index in [-0.39, 0.29) is 24.1 Å². The Hall–Kier alpha value is 0.160. The number of nitrogens with one attached hydrogen (secondary N) is 1. The molecule has 0 aliphatic carbocycles. The third kappa shape index (κ3) is 4.81. The molecule has 6 heteroatoms. The van der Waals surface area contributed by atoms with Crippen molar-refractivity contribution in [2.45, 2.75) is 13.3 Å². The Bertz CT molecular complexity index is 237. The SMILES string of the molecule is CC(CS(N)(=O)=O)C1CCNC1.Cl. The number of halogens is 1. The molecule has 1 saturated heterocycles. The Labute approximate surface area is 85.7 Å². The predicted molar refractivity (Wildman–Crippen MR) is 55.4 cm³/mol. The first-order chi connectivity index (χ1) is 5.49. The molecule has 1 fully saturated rings. The molecule has 2 atom stereocenters. The number of nitrogens with two attached hydrogens (primary N) is 1. The fourth-order valence-corrected chi connectivity index (χ4v) is 2.67. The summed E-state index contributed by atoms with van der Waals surface area (Å²) in [7, 11) is -3.29. The highest BCUT2D eigenvalue weighted by Crippen LogP contribution is 2.19. The van der Waals surface area contributed by atoms with Gasteiger partial charge in [-0.3, -0.25) is 0 Å². The summed E-state index contributed by atoms with van der Waals surface area (Å²) < 4.78 is 21.5. The minimum absolute atomic E-state index is 0. The smallest absolute Gasteiger partial charge is 0.209 e. The van der Waals surface area contributed by atoms with E-state index in [0.717, 1.165) is 19.5 Å². The molecule has 0 bridgehead atoms. The molecule has 1 aliphatic rings. The van der Waals surface area contributed by atoms with Gasteiger partial charge in [0.15, 0.2) is 0 Å². The molecule has 3 N–H and O–H groups in total. The van der Waals surface area contributed by atoms with Gasteiger partial charge in [-0.25, -0.2) is 13.6 Å². The van der Waals surface area contributed by atoms with Crippen LogP contribution in [-0.2, 0) is 10.0 Å². The van der Waals surface area contributed by atoms with E-state index in [1.807, 2.05) is 6.92 Å². The zero-order valence-corrected chi connectivity index (χ0v) is 9.33. The summed E-state index contributed by atoms with van der Waals surface area (Å²) in [6.45, 7) is 3.87. The minimum atomic E-state index is -3.29. The van der Waals surface area contributed by atoms with Gasteiger partial charge in [-0.05, 0) is 31.3 Å². The van der Waals surface area contributed by atoms with Gasteiger partial charge in [0, 0.05) is 0 Å². The van der Waals surface area contributed by atoms with E-state index in [0.29, 0.717) is 5.92 Å². The molecule has 0 aromatic carbocycles. The summed E-state index contributed by atoms with van der Waals surface area (Å²) in [4.78, 5) is 0. The largest absolute Gasteiger partial charge is 0.316 e. The molecule has 0 amide bonds. The summed E-state index contributed by atoms with van der Waals surface area (Å²) in [5.74, 6) is 0.762. The van der Waals surface area contributed by atoms with Crippen molar-refractivity contribution in [2.75, 3.05) is 18.8 Å². The summed E-state index contributed by atoms with van der Waals surface area (Å²) in [6, 6.07) is 0. The van der Waals surface area contributed by atoms with Crippen molar-refractivity contribution < 1.29 is 8.42 Å². The van der Waals surface area contributed by atoms with Gasteiger partial charge in [0.1, 0.15) is 0 Å². The van der Waals surface area contributed by atoms with Crippen molar-refractivity contribution in [1.29, 1.82) is 0 Å². The summed E-state index contributed by atoms with van der Waals surface area (Å²) >= 11 is 0. The molecule has 0 aromatic heterocycles. The van der Waals surface area contributed by atoms with Gasteiger partial charge < -0.3 is 5.32 Å². The second-order valence-corrected chi connectivity index (χ2v) is 5.22. The fourth-order valence-electron chi connectivity index (χ4n) is 1.67. The van der Waals surface area contributed by atoms with Crippen molar-refractivity contribution >= 4 is 22.4 Å². The maximum absolute atomic E-state index is 10.8. The third-order valence-electron chi connectivity index (χ3n) is 2.40. The van der Waals surface area contributed by atoms with Gasteiger partial charge in [-0.15, -0.1) is 12.4 Å². The van der Waals surface area contributed by atoms with Crippen LogP contribution in [0.5, 0.6) is 0 Å². The standard InChI is InChI=1S/C7H16N2O2S.ClH/c1-6(5-12(8,10)11)7-2-3-9-4-7;/h6-7,9H,2-5H2,1H3,(H2,8,10,11);1H. The van der Waals surface area contributed by atoms with Gasteiger partial charge in [-0.1, -0.05) is 6.92 Å². The number of sulfonamides is 1. The molecule has 1 aliphatic heterocycles. The van der Waals surface area contributed by atoms with Crippen LogP contribution in [0.25, 0.3) is 0 Å². The Morgan fingerprint density at radius 3 is 2.62 bits per heavy atom. The van der Waals surface area contributed by atoms with Crippen molar-refractivity contribution in [3.8, 4) is 0 Å². The average Bonchev–Trinajstić information content (AvgIpc) is 2.32. The van der Waals surface area contributed by atoms with Crippen LogP contribution in [0.1, 0.15) is 13.3 Å². The van der Waals surface area contributed by atoms with Crippen LogP contribution >= 0.6 is 12.4 Å². The lowest BCUT2D eigenvalue weighted by atomic mass is 9.95. The highest BCUT2D eigenvalue weighted by atomic mass is 35.5. The van der Waals surface area contributed by atoms with Crippen LogP contribution in [0.2, 0.25) is 0 Å². The van der Waals surface area contributed by atoms with Gasteiger partial charge >= 0.3 is 0 Å². The Morgan fingerprint density at radius 1 is 1.62 bits per heavy atom. The van der Waals surface area contributed by atoms with E-state index in [9.17, 15) is 8.42 Å². The summed E-state index contributed by atoms with van der Waals surface area (Å²) in [5.41, 5.74) is 0. The molecule has 1 heterocycles. The van der Waals surface area contributed by atoms with Gasteiger partial charge in [0.25, 0.3) is 0 Å². The lowest BCUT2D eigenvalue weighted by Gasteiger charge is -2.16. The molecule has 1 rings (SSSR count). The zero-order chi connectivity index (χ0) is 9.19. The van der Waals surface area contributed by atoms with E-state index >= 15 is 0 Å². The highest BCUT2D eigenvalue weighted by Gasteiger charge is 2.23. The zero-order valence-electron chi connectivity index (χ0n) is 7.69. The molecule has 0 spiro atoms. The number of primary sulfonamides is 1. The molecule has 2 unspecified atom stereocenters. The lowest BCUT2D eigenvalue weighted by Crippen LogP contribution is -2.27. The van der Waals surface area contributed by atoms with Crippen LogP contribution < -0.4 is 10.5 Å². The van der Waals surface area contributed by atoms with Crippen LogP contribution in [0.15, 0.2) is 0 Å². The summed E-state index contributed by atoms with van der Waals surface area (Å²) in [6.07, 6.45) is 1.07. The molecule has 80 valence electrons. The Kier molecular flexibility index (Phi) is 5.21. The van der Waals surface area contributed by atoms with Crippen LogP contribution in [0, 0.1) is 11.8 Å². The van der Waals surface area contributed by atoms with Gasteiger partial charge in [0.2, 0.25) is 10.0 Å². The topological polar surface area (TPSA) is 72.2 Å². The third-order valence-corrected chi connectivity index (χ3v) is 3.39. The van der Waals surface area contributed by atoms with E-state index in [4.69, 9.17) is 5.14 Å². The monoisotopic (exact) mass is 228 g/mol. The van der Waals surface area contributed by atoms with Crippen molar-refractivity contribution in [3.05, 3.63) is 0 Å². The minimum Gasteiger partial charge on any atom is -0.316 e. The van der Waals surface area contributed by atoms with E-state index < -0.39 is 10.0 Å². The van der Waals surface area contributed by atoms with Crippen LogP contribution in [-0.4, -0.2) is 27.3 Å². The van der Waals surface area contributed by atoms with Crippen molar-refractivity contribution in [1.82, 2.24) is 5.32 Å². The first-order valence-electron chi connectivity index (χ1n) is 4.20. The normalized spacial score (nSPS) is 25.2. The molecule has 0 radical (unpaired) electrons. The Balaban J connectivity index is 0.00000144. The molecule has 13 heavy (non-hydrogen) atoms. The molecule has 0 saturated carbocycles. The molecular weight excluding hydrogens is 212 g/mol. The fraction of sp³-hybridized carbons (Fsp3) is 1.00. The maximum Gasteiger partial charge on any atom is 0.209 e. The van der Waals surface area contributed by atoms with Crippen LogP contribution in [0.3, 0.4) is 0 Å². The van der Waals surface area contributed by atoms with E-state index in [1.165, 1.54) is 0 Å². The highest BCUT2D eigenvalue weighted by molar-refractivity contribution is 7.89. The number of hydrogen-bond donors (Lipinski definition) is 2. The Morgan fingerprint density at radius 2 is 2.23 bits per heavy atom. The molecule has 4 nitrogen and oxygen atoms in total.